The molecule has 2 aliphatic heterocycles. The van der Waals surface area contributed by atoms with E-state index in [1.165, 1.54) is 0 Å². The van der Waals surface area contributed by atoms with Crippen molar-refractivity contribution in [1.29, 1.82) is 0 Å². The fourth-order valence-electron chi connectivity index (χ4n) is 3.23. The van der Waals surface area contributed by atoms with Crippen molar-refractivity contribution in [3.05, 3.63) is 29.3 Å². The summed E-state index contributed by atoms with van der Waals surface area (Å²) in [5.41, 5.74) is 6.58. The van der Waals surface area contributed by atoms with Crippen LogP contribution in [-0.2, 0) is 4.79 Å². The molecular formula is C16H20N2O3. The summed E-state index contributed by atoms with van der Waals surface area (Å²) in [6.07, 6.45) is 1.92. The first-order valence-corrected chi connectivity index (χ1v) is 7.31. The Morgan fingerprint density at radius 2 is 2.10 bits per heavy atom. The number of aryl methyl sites for hydroxylation is 1. The monoisotopic (exact) mass is 288 g/mol. The fraction of sp³-hybridized carbons (Fsp3) is 0.500. The lowest BCUT2D eigenvalue weighted by atomic mass is 9.82. The van der Waals surface area contributed by atoms with Gasteiger partial charge in [0.05, 0.1) is 18.5 Å². The molecule has 5 nitrogen and oxygen atoms in total. The van der Waals surface area contributed by atoms with Gasteiger partial charge in [0, 0.05) is 25.9 Å². The number of likely N-dealkylation sites (tertiary alicyclic amines) is 1. The normalized spacial score (nSPS) is 20.9. The van der Waals surface area contributed by atoms with E-state index in [-0.39, 0.29) is 18.2 Å². The number of carbonyl (C=O) groups is 2. The topological polar surface area (TPSA) is 72.6 Å². The minimum atomic E-state index is -0.409. The molecule has 1 aromatic rings. The van der Waals surface area contributed by atoms with Gasteiger partial charge in [-0.3, -0.25) is 14.5 Å². The summed E-state index contributed by atoms with van der Waals surface area (Å²) < 4.78 is 6.18. The molecule has 21 heavy (non-hydrogen) atoms. The molecule has 5 heteroatoms. The molecule has 0 aliphatic carbocycles. The molecule has 3 rings (SSSR count). The van der Waals surface area contributed by atoms with Gasteiger partial charge in [0.25, 0.3) is 0 Å². The Morgan fingerprint density at radius 1 is 1.38 bits per heavy atom. The molecule has 0 unspecified atom stereocenters. The van der Waals surface area contributed by atoms with Crippen molar-refractivity contribution in [2.45, 2.75) is 31.8 Å². The number of hydrogen-bond acceptors (Lipinski definition) is 4. The SMILES string of the molecule is Cc1ccc2c(c1)C(=O)CC1(CCN(CC(N)=O)CC1)O2. The highest BCUT2D eigenvalue weighted by Gasteiger charge is 2.42. The Balaban J connectivity index is 1.76. The number of fused-ring (bicyclic) bond motifs is 1. The number of benzene rings is 1. The quantitative estimate of drug-likeness (QED) is 0.889. The van der Waals surface area contributed by atoms with Gasteiger partial charge in [-0.15, -0.1) is 0 Å². The standard InChI is InChI=1S/C16H20N2O3/c1-11-2-3-14-12(8-11)13(19)9-16(21-14)4-6-18(7-5-16)10-15(17)20/h2-3,8H,4-7,9-10H2,1H3,(H2,17,20). The van der Waals surface area contributed by atoms with Crippen LogP contribution in [0.15, 0.2) is 18.2 Å². The highest BCUT2D eigenvalue weighted by atomic mass is 16.5. The summed E-state index contributed by atoms with van der Waals surface area (Å²) in [5.74, 6) is 0.538. The number of hydrogen-bond donors (Lipinski definition) is 1. The van der Waals surface area contributed by atoms with Crippen LogP contribution in [0.3, 0.4) is 0 Å². The summed E-state index contributed by atoms with van der Waals surface area (Å²) >= 11 is 0. The second-order valence-electron chi connectivity index (χ2n) is 6.13. The molecular weight excluding hydrogens is 268 g/mol. The van der Waals surface area contributed by atoms with Crippen molar-refractivity contribution in [1.82, 2.24) is 4.90 Å². The number of ketones is 1. The van der Waals surface area contributed by atoms with Gasteiger partial charge < -0.3 is 10.5 Å². The molecule has 1 saturated heterocycles. The van der Waals surface area contributed by atoms with Gasteiger partial charge >= 0.3 is 0 Å². The summed E-state index contributed by atoms with van der Waals surface area (Å²) in [6, 6.07) is 5.75. The first-order valence-electron chi connectivity index (χ1n) is 7.31. The van der Waals surface area contributed by atoms with Crippen LogP contribution >= 0.6 is 0 Å². The van der Waals surface area contributed by atoms with Gasteiger partial charge in [-0.1, -0.05) is 11.6 Å². The third-order valence-electron chi connectivity index (χ3n) is 4.39. The Labute approximate surface area is 124 Å². The molecule has 1 amide bonds. The summed E-state index contributed by atoms with van der Waals surface area (Å²) in [5, 5.41) is 0. The van der Waals surface area contributed by atoms with Crippen molar-refractivity contribution < 1.29 is 14.3 Å². The molecule has 0 aromatic heterocycles. The lowest BCUT2D eigenvalue weighted by molar-refractivity contribution is -0.120. The predicted octanol–water partition coefficient (Wildman–Crippen LogP) is 1.28. The van der Waals surface area contributed by atoms with Gasteiger partial charge in [-0.2, -0.15) is 0 Å². The number of rotatable bonds is 2. The molecule has 1 fully saturated rings. The van der Waals surface area contributed by atoms with Gasteiger partial charge in [-0.05, 0) is 19.1 Å². The van der Waals surface area contributed by atoms with Crippen molar-refractivity contribution in [3.63, 3.8) is 0 Å². The molecule has 2 N–H and O–H groups in total. The van der Waals surface area contributed by atoms with Gasteiger partial charge in [-0.25, -0.2) is 0 Å². The highest BCUT2D eigenvalue weighted by molar-refractivity contribution is 6.00. The van der Waals surface area contributed by atoms with Crippen LogP contribution in [0.4, 0.5) is 0 Å². The van der Waals surface area contributed by atoms with Crippen LogP contribution in [0, 0.1) is 6.92 Å². The first-order chi connectivity index (χ1) is 9.97. The van der Waals surface area contributed by atoms with Crippen LogP contribution in [0.1, 0.15) is 35.2 Å². The smallest absolute Gasteiger partial charge is 0.231 e. The van der Waals surface area contributed by atoms with E-state index in [1.807, 2.05) is 30.0 Å². The molecule has 0 radical (unpaired) electrons. The maximum atomic E-state index is 12.4. The second kappa shape index (κ2) is 5.15. The zero-order valence-corrected chi connectivity index (χ0v) is 12.2. The summed E-state index contributed by atoms with van der Waals surface area (Å²) in [6.45, 7) is 3.72. The number of nitrogens with zero attached hydrogens (tertiary/aromatic N) is 1. The van der Waals surface area contributed by atoms with Crippen molar-refractivity contribution >= 4 is 11.7 Å². The number of nitrogens with two attached hydrogens (primary N) is 1. The van der Waals surface area contributed by atoms with E-state index in [9.17, 15) is 9.59 Å². The Morgan fingerprint density at radius 3 is 2.76 bits per heavy atom. The summed E-state index contributed by atoms with van der Waals surface area (Å²) in [7, 11) is 0. The molecule has 1 spiro atoms. The number of amides is 1. The minimum absolute atomic E-state index is 0.156. The van der Waals surface area contributed by atoms with Crippen molar-refractivity contribution in [2.75, 3.05) is 19.6 Å². The van der Waals surface area contributed by atoms with Gasteiger partial charge in [0.15, 0.2) is 5.78 Å². The average molecular weight is 288 g/mol. The van der Waals surface area contributed by atoms with E-state index in [2.05, 4.69) is 0 Å². The Bertz CT molecular complexity index is 589. The van der Waals surface area contributed by atoms with Crippen molar-refractivity contribution in [2.24, 2.45) is 5.73 Å². The zero-order chi connectivity index (χ0) is 15.0. The third-order valence-corrected chi connectivity index (χ3v) is 4.39. The maximum absolute atomic E-state index is 12.4. The van der Waals surface area contributed by atoms with E-state index in [0.717, 1.165) is 31.5 Å². The Hall–Kier alpha value is -1.88. The van der Waals surface area contributed by atoms with E-state index >= 15 is 0 Å². The average Bonchev–Trinajstić information content (AvgIpc) is 2.42. The molecule has 0 bridgehead atoms. The lowest BCUT2D eigenvalue weighted by Crippen LogP contribution is -2.52. The number of ether oxygens (including phenoxy) is 1. The third kappa shape index (κ3) is 2.78. The van der Waals surface area contributed by atoms with Gasteiger partial charge in [0.2, 0.25) is 5.91 Å². The molecule has 1 aromatic carbocycles. The van der Waals surface area contributed by atoms with Crippen LogP contribution in [0.25, 0.3) is 0 Å². The van der Waals surface area contributed by atoms with E-state index in [4.69, 9.17) is 10.5 Å². The zero-order valence-electron chi connectivity index (χ0n) is 12.2. The van der Waals surface area contributed by atoms with Crippen LogP contribution in [0.2, 0.25) is 0 Å². The fourth-order valence-corrected chi connectivity index (χ4v) is 3.23. The van der Waals surface area contributed by atoms with Crippen LogP contribution in [-0.4, -0.2) is 41.8 Å². The predicted molar refractivity (Wildman–Crippen MR) is 78.4 cm³/mol. The minimum Gasteiger partial charge on any atom is -0.486 e. The Kier molecular flexibility index (Phi) is 3.45. The summed E-state index contributed by atoms with van der Waals surface area (Å²) in [4.78, 5) is 25.4. The van der Waals surface area contributed by atoms with E-state index in [1.54, 1.807) is 0 Å². The molecule has 0 atom stereocenters. The van der Waals surface area contributed by atoms with Gasteiger partial charge in [0.1, 0.15) is 11.4 Å². The molecule has 0 saturated carbocycles. The number of Topliss-reactive ketones (excluding diaryl/α,β-unsaturated/α-hetero) is 1. The molecule has 2 heterocycles. The lowest BCUT2D eigenvalue weighted by Gasteiger charge is -2.43. The van der Waals surface area contributed by atoms with Crippen molar-refractivity contribution in [3.8, 4) is 5.75 Å². The second-order valence-corrected chi connectivity index (χ2v) is 6.13. The molecule has 112 valence electrons. The highest BCUT2D eigenvalue weighted by Crippen LogP contribution is 2.39. The number of primary amides is 1. The largest absolute Gasteiger partial charge is 0.486 e. The maximum Gasteiger partial charge on any atom is 0.231 e. The van der Waals surface area contributed by atoms with E-state index in [0.29, 0.717) is 17.7 Å². The van der Waals surface area contributed by atoms with E-state index < -0.39 is 5.60 Å². The van der Waals surface area contributed by atoms with Crippen LogP contribution < -0.4 is 10.5 Å². The molecule has 2 aliphatic rings. The first kappa shape index (κ1) is 14.1. The number of carbonyl (C=O) groups excluding carboxylic acids is 2. The van der Waals surface area contributed by atoms with Crippen LogP contribution in [0.5, 0.6) is 5.75 Å². The number of piperidine rings is 1.